The Hall–Kier alpha value is -3.50. The molecule has 0 aliphatic carbocycles. The summed E-state index contributed by atoms with van der Waals surface area (Å²) >= 11 is 5.76. The molecule has 0 N–H and O–H groups in total. The molecule has 2 heterocycles. The summed E-state index contributed by atoms with van der Waals surface area (Å²) in [4.78, 5) is 0. The molecule has 8 aromatic rings. The summed E-state index contributed by atoms with van der Waals surface area (Å²) in [7, 11) is 0. The first-order chi connectivity index (χ1) is 17.7. The molecule has 0 spiro atoms. The number of hydrogen-bond acceptors (Lipinski definition) is 0. The highest BCUT2D eigenvalue weighted by atomic mass is 27.1. The van der Waals surface area contributed by atoms with Crippen molar-refractivity contribution in [2.75, 3.05) is 0 Å². The smallest absolute Gasteiger partial charge is 0.175 e. The predicted molar refractivity (Wildman–Crippen MR) is 155 cm³/mol. The zero-order valence-electron chi connectivity index (χ0n) is 19.4. The van der Waals surface area contributed by atoms with Crippen LogP contribution in [0.3, 0.4) is 0 Å². The Morgan fingerprint density at radius 2 is 0.833 bits per heavy atom. The fourth-order valence-corrected chi connectivity index (χ4v) is 6.51. The molecule has 0 unspecified atom stereocenters. The lowest BCUT2D eigenvalue weighted by atomic mass is 10.0. The number of aromatic nitrogens is 2. The monoisotopic (exact) mass is 484 g/mol. The molecular formula is C32H18Al2N2. The van der Waals surface area contributed by atoms with E-state index in [1.807, 2.05) is 0 Å². The van der Waals surface area contributed by atoms with Gasteiger partial charge in [0, 0.05) is 21.5 Å². The number of nitrogens with zero attached hydrogens (tertiary/aromatic N) is 2. The van der Waals surface area contributed by atoms with E-state index in [9.17, 15) is 0 Å². The lowest BCUT2D eigenvalue weighted by Gasteiger charge is -2.14. The minimum atomic E-state index is 1.17. The van der Waals surface area contributed by atoms with Crippen LogP contribution in [0.5, 0.6) is 0 Å². The van der Waals surface area contributed by atoms with Crippen LogP contribution in [-0.4, -0.2) is 41.9 Å². The molecule has 0 amide bonds. The van der Waals surface area contributed by atoms with E-state index in [-0.39, 0.29) is 0 Å². The highest BCUT2D eigenvalue weighted by Gasteiger charge is 2.20. The van der Waals surface area contributed by atoms with E-state index in [4.69, 9.17) is 0 Å². The summed E-state index contributed by atoms with van der Waals surface area (Å²) in [6.07, 6.45) is 0. The van der Waals surface area contributed by atoms with E-state index in [0.717, 1.165) is 0 Å². The molecule has 0 bridgehead atoms. The lowest BCUT2D eigenvalue weighted by molar-refractivity contribution is 0.775. The zero-order chi connectivity index (χ0) is 24.0. The van der Waals surface area contributed by atoms with Crippen LogP contribution in [0.25, 0.3) is 65.2 Å². The van der Waals surface area contributed by atoms with Gasteiger partial charge in [0.1, 0.15) is 0 Å². The van der Waals surface area contributed by atoms with Crippen molar-refractivity contribution in [2.45, 2.75) is 0 Å². The van der Waals surface area contributed by atoms with E-state index >= 15 is 0 Å². The number of rotatable bonds is 1. The van der Waals surface area contributed by atoms with Gasteiger partial charge in [-0.15, -0.1) is 8.85 Å². The van der Waals surface area contributed by atoms with E-state index < -0.39 is 0 Å². The first-order valence-corrected chi connectivity index (χ1v) is 13.3. The molecule has 6 aromatic carbocycles. The van der Waals surface area contributed by atoms with Crippen LogP contribution in [0.15, 0.2) is 109 Å². The van der Waals surface area contributed by atoms with Gasteiger partial charge in [-0.1, -0.05) is 97.1 Å². The first-order valence-electron chi connectivity index (χ1n) is 12.1. The van der Waals surface area contributed by atoms with Crippen molar-refractivity contribution in [1.82, 2.24) is 9.35 Å². The Kier molecular flexibility index (Phi) is 4.31. The van der Waals surface area contributed by atoms with Crippen molar-refractivity contribution >= 4 is 107 Å². The first kappa shape index (κ1) is 20.7. The maximum absolute atomic E-state index is 2.88. The molecule has 0 saturated carbocycles. The van der Waals surface area contributed by atoms with Gasteiger partial charge in [0.15, 0.2) is 32.6 Å². The fraction of sp³-hybridized carbons (Fsp3) is 0. The molecule has 8 rings (SSSR count). The minimum Gasteiger partial charge on any atom is -0.248 e. The summed E-state index contributed by atoms with van der Waals surface area (Å²) in [5.41, 5.74) is 4.82. The van der Waals surface area contributed by atoms with Gasteiger partial charge >= 0.3 is 0 Å². The van der Waals surface area contributed by atoms with Gasteiger partial charge in [0.05, 0.1) is 22.1 Å². The average Bonchev–Trinajstić information content (AvgIpc) is 3.40. The standard InChI is InChI=1S/C32H18N2.2Al/c1-3-11-23-21(9-1)17-19-29-31(23)25-13-5-7-15-27(25)33(29)34-28-16-8-6-14-26(28)32-24-12-4-2-10-22(24)18-20-30(32)34;;/h1-6,9-20H;;. The van der Waals surface area contributed by atoms with Crippen molar-refractivity contribution in [3.63, 3.8) is 0 Å². The van der Waals surface area contributed by atoms with Crippen molar-refractivity contribution in [3.05, 3.63) is 109 Å². The molecule has 36 heavy (non-hydrogen) atoms. The van der Waals surface area contributed by atoms with Crippen molar-refractivity contribution in [1.29, 1.82) is 0 Å². The molecule has 0 saturated heterocycles. The van der Waals surface area contributed by atoms with Crippen LogP contribution in [0.1, 0.15) is 0 Å². The summed E-state index contributed by atoms with van der Waals surface area (Å²) in [5, 5.41) is 10.2. The number of fused-ring (bicyclic) bond motifs is 10. The van der Waals surface area contributed by atoms with E-state index in [2.05, 4.69) is 151 Å². The lowest BCUT2D eigenvalue weighted by Crippen LogP contribution is -2.11. The molecular weight excluding hydrogens is 466 g/mol. The number of benzene rings is 6. The summed E-state index contributed by atoms with van der Waals surface area (Å²) in [6, 6.07) is 40.0. The van der Waals surface area contributed by atoms with E-state index in [0.29, 0.717) is 0 Å². The van der Waals surface area contributed by atoms with Gasteiger partial charge in [-0.05, 0) is 33.7 Å². The molecule has 2 nitrogen and oxygen atoms in total. The zero-order valence-corrected chi connectivity index (χ0v) is 21.8. The van der Waals surface area contributed by atoms with Crippen molar-refractivity contribution in [2.24, 2.45) is 0 Å². The Labute approximate surface area is 224 Å². The van der Waals surface area contributed by atoms with Crippen LogP contribution in [-0.2, 0) is 0 Å². The molecule has 4 heteroatoms. The van der Waals surface area contributed by atoms with Gasteiger partial charge in [0.2, 0.25) is 0 Å². The van der Waals surface area contributed by atoms with Crippen LogP contribution in [0, 0.1) is 0 Å². The second-order valence-electron chi connectivity index (χ2n) is 9.54. The van der Waals surface area contributed by atoms with Gasteiger partial charge in [-0.2, -0.15) is 0 Å². The SMILES string of the molecule is [Al][c]1ccc2c3c4ccccc4ccc3n(-n3c4c[c]([Al])ccc4c4c5ccccc5ccc43)c2c1. The minimum absolute atomic E-state index is 1.17. The number of hydrogen-bond donors (Lipinski definition) is 0. The Balaban J connectivity index is 1.67. The third kappa shape index (κ3) is 2.74. The predicted octanol–water partition coefficient (Wildman–Crippen LogP) is 6.11. The Bertz CT molecular complexity index is 2030. The highest BCUT2D eigenvalue weighted by molar-refractivity contribution is 6.35. The van der Waals surface area contributed by atoms with Gasteiger partial charge in [-0.25, -0.2) is 9.35 Å². The molecule has 162 valence electrons. The second-order valence-corrected chi connectivity index (χ2v) is 10.9. The van der Waals surface area contributed by atoms with Crippen molar-refractivity contribution < 1.29 is 0 Å². The Morgan fingerprint density at radius 3 is 1.31 bits per heavy atom. The van der Waals surface area contributed by atoms with Gasteiger partial charge < -0.3 is 0 Å². The summed E-state index contributed by atoms with van der Waals surface area (Å²) in [6.45, 7) is 0. The van der Waals surface area contributed by atoms with Crippen LogP contribution in [0.4, 0.5) is 0 Å². The molecule has 4 radical (unpaired) electrons. The highest BCUT2D eigenvalue weighted by Crippen LogP contribution is 2.39. The van der Waals surface area contributed by atoms with Crippen LogP contribution >= 0.6 is 0 Å². The molecule has 0 aliphatic rings. The molecule has 2 aromatic heterocycles. The van der Waals surface area contributed by atoms with Gasteiger partial charge in [-0.3, -0.25) is 0 Å². The van der Waals surface area contributed by atoms with E-state index in [1.165, 1.54) is 74.0 Å². The summed E-state index contributed by atoms with van der Waals surface area (Å²) < 4.78 is 7.20. The normalized spacial score (nSPS) is 12.1. The third-order valence-corrected chi connectivity index (χ3v) is 8.23. The molecule has 0 aliphatic heterocycles. The van der Waals surface area contributed by atoms with Crippen molar-refractivity contribution in [3.8, 4) is 0 Å². The van der Waals surface area contributed by atoms with Gasteiger partial charge in [0.25, 0.3) is 0 Å². The van der Waals surface area contributed by atoms with Crippen LogP contribution in [0.2, 0.25) is 0 Å². The molecule has 0 atom stereocenters. The topological polar surface area (TPSA) is 9.86 Å². The fourth-order valence-electron chi connectivity index (χ4n) is 6.00. The second kappa shape index (κ2) is 7.50. The molecule has 0 fully saturated rings. The average molecular weight is 484 g/mol. The van der Waals surface area contributed by atoms with Crippen LogP contribution < -0.4 is 8.85 Å². The maximum Gasteiger partial charge on any atom is 0.175 e. The third-order valence-electron chi connectivity index (χ3n) is 7.51. The summed E-state index contributed by atoms with van der Waals surface area (Å²) in [5.74, 6) is 0. The van der Waals surface area contributed by atoms with E-state index in [1.54, 1.807) is 0 Å². The largest absolute Gasteiger partial charge is 0.248 e. The maximum atomic E-state index is 2.88. The quantitative estimate of drug-likeness (QED) is 0.249. The Morgan fingerprint density at radius 1 is 0.389 bits per heavy atom.